The maximum absolute atomic E-state index is 13.0. The summed E-state index contributed by atoms with van der Waals surface area (Å²) in [6, 6.07) is -0.863. The summed E-state index contributed by atoms with van der Waals surface area (Å²) in [6.45, 7) is 1.86. The molecule has 2 aliphatic heterocycles. The minimum absolute atomic E-state index is 0.00139. The Morgan fingerprint density at radius 2 is 1.95 bits per heavy atom. The molecule has 2 amide bonds. The Balaban J connectivity index is 1.94. The molecule has 2 heterocycles. The number of carbonyl (C=O) groups excluding carboxylic acids is 2. The standard InChI is InChI=1S/C14H22N2O4S/c1-2-11-12(17)15-14(6-3-4-7-14)13(18)16(11)10-5-8-21(19,20)9-10/h10-11H,2-9H2,1H3,(H,15,17). The minimum Gasteiger partial charge on any atom is -0.340 e. The summed E-state index contributed by atoms with van der Waals surface area (Å²) in [5, 5.41) is 2.94. The highest BCUT2D eigenvalue weighted by Gasteiger charge is 2.54. The molecule has 2 saturated heterocycles. The van der Waals surface area contributed by atoms with E-state index in [2.05, 4.69) is 5.32 Å². The molecule has 2 unspecified atom stereocenters. The van der Waals surface area contributed by atoms with Crippen LogP contribution in [0.15, 0.2) is 0 Å². The lowest BCUT2D eigenvalue weighted by atomic mass is 9.88. The van der Waals surface area contributed by atoms with E-state index in [-0.39, 0.29) is 29.4 Å². The summed E-state index contributed by atoms with van der Waals surface area (Å²) in [6.07, 6.45) is 4.17. The van der Waals surface area contributed by atoms with Gasteiger partial charge in [0, 0.05) is 6.04 Å². The lowest BCUT2D eigenvalue weighted by molar-refractivity contribution is -0.157. The van der Waals surface area contributed by atoms with E-state index in [1.165, 1.54) is 0 Å². The van der Waals surface area contributed by atoms with Crippen LogP contribution in [0.4, 0.5) is 0 Å². The zero-order valence-electron chi connectivity index (χ0n) is 12.3. The van der Waals surface area contributed by atoms with Gasteiger partial charge in [0.25, 0.3) is 0 Å². The van der Waals surface area contributed by atoms with Crippen molar-refractivity contribution in [1.82, 2.24) is 10.2 Å². The Bertz CT molecular complexity index is 566. The van der Waals surface area contributed by atoms with E-state index in [4.69, 9.17) is 0 Å². The van der Waals surface area contributed by atoms with Crippen LogP contribution in [0.1, 0.15) is 45.4 Å². The average Bonchev–Trinajstić information content (AvgIpc) is 3.01. The molecule has 0 bridgehead atoms. The molecule has 1 aliphatic carbocycles. The molecule has 0 aromatic carbocycles. The number of sulfone groups is 1. The van der Waals surface area contributed by atoms with Crippen LogP contribution in [-0.4, -0.2) is 54.3 Å². The first-order valence-electron chi connectivity index (χ1n) is 7.74. The summed E-state index contributed by atoms with van der Waals surface area (Å²) in [5.74, 6) is -0.0673. The topological polar surface area (TPSA) is 83.6 Å². The zero-order valence-corrected chi connectivity index (χ0v) is 13.1. The van der Waals surface area contributed by atoms with Gasteiger partial charge < -0.3 is 10.2 Å². The van der Waals surface area contributed by atoms with Gasteiger partial charge in [-0.3, -0.25) is 9.59 Å². The molecule has 0 aromatic heterocycles. The maximum atomic E-state index is 13.0. The largest absolute Gasteiger partial charge is 0.340 e. The summed E-state index contributed by atoms with van der Waals surface area (Å²) in [7, 11) is -3.08. The Morgan fingerprint density at radius 1 is 1.29 bits per heavy atom. The Labute approximate surface area is 125 Å². The van der Waals surface area contributed by atoms with Crippen LogP contribution in [0.2, 0.25) is 0 Å². The van der Waals surface area contributed by atoms with E-state index in [1.807, 2.05) is 6.92 Å². The van der Waals surface area contributed by atoms with Crippen molar-refractivity contribution in [2.45, 2.75) is 63.1 Å². The van der Waals surface area contributed by atoms with Gasteiger partial charge in [-0.25, -0.2) is 8.42 Å². The Hall–Kier alpha value is -1.11. The van der Waals surface area contributed by atoms with Crippen molar-refractivity contribution in [2.24, 2.45) is 0 Å². The number of amides is 2. The van der Waals surface area contributed by atoms with Gasteiger partial charge in [0.05, 0.1) is 11.5 Å². The molecule has 3 aliphatic rings. The first-order chi connectivity index (χ1) is 9.88. The Morgan fingerprint density at radius 3 is 2.48 bits per heavy atom. The molecule has 118 valence electrons. The van der Waals surface area contributed by atoms with E-state index >= 15 is 0 Å². The normalized spacial score (nSPS) is 34.4. The SMILES string of the molecule is CCC1C(=O)NC2(CCCC2)C(=O)N1C1CCS(=O)(=O)C1. The molecule has 0 aromatic rings. The zero-order chi connectivity index (χ0) is 15.3. The number of nitrogens with zero attached hydrogens (tertiary/aromatic N) is 1. The van der Waals surface area contributed by atoms with Crippen molar-refractivity contribution in [3.8, 4) is 0 Å². The molecule has 1 saturated carbocycles. The van der Waals surface area contributed by atoms with Crippen molar-refractivity contribution < 1.29 is 18.0 Å². The molecule has 1 spiro atoms. The second kappa shape index (κ2) is 4.97. The minimum atomic E-state index is -3.08. The van der Waals surface area contributed by atoms with E-state index in [9.17, 15) is 18.0 Å². The van der Waals surface area contributed by atoms with E-state index < -0.39 is 21.4 Å². The predicted octanol–water partition coefficient (Wildman–Crippen LogP) is 0.223. The predicted molar refractivity (Wildman–Crippen MR) is 77.3 cm³/mol. The van der Waals surface area contributed by atoms with Gasteiger partial charge >= 0.3 is 0 Å². The van der Waals surface area contributed by atoms with E-state index in [1.54, 1.807) is 4.90 Å². The second-order valence-electron chi connectivity index (χ2n) is 6.47. The number of hydrogen-bond acceptors (Lipinski definition) is 4. The molecule has 21 heavy (non-hydrogen) atoms. The molecule has 0 radical (unpaired) electrons. The van der Waals surface area contributed by atoms with Gasteiger partial charge in [-0.15, -0.1) is 0 Å². The van der Waals surface area contributed by atoms with Gasteiger partial charge in [0.2, 0.25) is 11.8 Å². The molecule has 3 fully saturated rings. The van der Waals surface area contributed by atoms with Gasteiger partial charge in [0.1, 0.15) is 11.6 Å². The summed E-state index contributed by atoms with van der Waals surface area (Å²) >= 11 is 0. The number of carbonyl (C=O) groups is 2. The smallest absolute Gasteiger partial charge is 0.249 e. The fourth-order valence-electron chi connectivity index (χ4n) is 4.00. The second-order valence-corrected chi connectivity index (χ2v) is 8.70. The van der Waals surface area contributed by atoms with Crippen LogP contribution in [0, 0.1) is 0 Å². The fourth-order valence-corrected chi connectivity index (χ4v) is 5.71. The maximum Gasteiger partial charge on any atom is 0.249 e. The van der Waals surface area contributed by atoms with Crippen molar-refractivity contribution in [2.75, 3.05) is 11.5 Å². The number of rotatable bonds is 2. The van der Waals surface area contributed by atoms with Crippen molar-refractivity contribution >= 4 is 21.7 Å². The third-order valence-electron chi connectivity index (χ3n) is 5.09. The number of piperazine rings is 1. The van der Waals surface area contributed by atoms with Crippen LogP contribution in [0.25, 0.3) is 0 Å². The molecule has 7 heteroatoms. The lowest BCUT2D eigenvalue weighted by Gasteiger charge is -2.46. The molecule has 3 rings (SSSR count). The van der Waals surface area contributed by atoms with Crippen LogP contribution in [0.3, 0.4) is 0 Å². The summed E-state index contributed by atoms with van der Waals surface area (Å²) in [5.41, 5.74) is -0.769. The molecular formula is C14H22N2O4S. The van der Waals surface area contributed by atoms with Crippen LogP contribution in [0.5, 0.6) is 0 Å². The fraction of sp³-hybridized carbons (Fsp3) is 0.857. The highest BCUT2D eigenvalue weighted by molar-refractivity contribution is 7.91. The van der Waals surface area contributed by atoms with Gasteiger partial charge in [-0.1, -0.05) is 19.8 Å². The number of hydrogen-bond donors (Lipinski definition) is 1. The molecule has 1 N–H and O–H groups in total. The third kappa shape index (κ3) is 2.35. The molecule has 2 atom stereocenters. The summed E-state index contributed by atoms with van der Waals surface area (Å²) < 4.78 is 23.5. The molecular weight excluding hydrogens is 292 g/mol. The average molecular weight is 314 g/mol. The lowest BCUT2D eigenvalue weighted by Crippen LogP contribution is -2.71. The van der Waals surface area contributed by atoms with Crippen LogP contribution in [-0.2, 0) is 19.4 Å². The molecule has 6 nitrogen and oxygen atoms in total. The first-order valence-corrected chi connectivity index (χ1v) is 9.56. The third-order valence-corrected chi connectivity index (χ3v) is 6.84. The monoisotopic (exact) mass is 314 g/mol. The van der Waals surface area contributed by atoms with E-state index in [0.29, 0.717) is 25.7 Å². The van der Waals surface area contributed by atoms with Crippen molar-refractivity contribution in [3.05, 3.63) is 0 Å². The van der Waals surface area contributed by atoms with Gasteiger partial charge in [0.15, 0.2) is 9.84 Å². The van der Waals surface area contributed by atoms with Gasteiger partial charge in [-0.05, 0) is 25.7 Å². The van der Waals surface area contributed by atoms with Crippen molar-refractivity contribution in [3.63, 3.8) is 0 Å². The first kappa shape index (κ1) is 14.8. The summed E-state index contributed by atoms with van der Waals surface area (Å²) in [4.78, 5) is 27.0. The highest BCUT2D eigenvalue weighted by Crippen LogP contribution is 2.37. The quantitative estimate of drug-likeness (QED) is 0.790. The van der Waals surface area contributed by atoms with Gasteiger partial charge in [-0.2, -0.15) is 0 Å². The van der Waals surface area contributed by atoms with Crippen LogP contribution < -0.4 is 5.32 Å². The Kier molecular flexibility index (Phi) is 3.50. The number of nitrogens with one attached hydrogen (secondary N) is 1. The van der Waals surface area contributed by atoms with Crippen LogP contribution >= 0.6 is 0 Å². The highest BCUT2D eigenvalue weighted by atomic mass is 32.2. The van der Waals surface area contributed by atoms with E-state index in [0.717, 1.165) is 12.8 Å². The van der Waals surface area contributed by atoms with Crippen molar-refractivity contribution in [1.29, 1.82) is 0 Å².